The highest BCUT2D eigenvalue weighted by molar-refractivity contribution is 5.71. The van der Waals surface area contributed by atoms with Gasteiger partial charge in [-0.1, -0.05) is 20.8 Å². The molecule has 0 rings (SSSR count). The van der Waals surface area contributed by atoms with Crippen molar-refractivity contribution in [2.45, 2.75) is 46.1 Å². The zero-order valence-electron chi connectivity index (χ0n) is 8.95. The van der Waals surface area contributed by atoms with E-state index in [9.17, 15) is 9.59 Å². The maximum absolute atomic E-state index is 11.0. The summed E-state index contributed by atoms with van der Waals surface area (Å²) in [6.07, 6.45) is 0.288. The van der Waals surface area contributed by atoms with E-state index in [2.05, 4.69) is 0 Å². The summed E-state index contributed by atoms with van der Waals surface area (Å²) in [6, 6.07) is 0. The first-order chi connectivity index (χ1) is 6.45. The minimum absolute atomic E-state index is 0.107. The van der Waals surface area contributed by atoms with Crippen LogP contribution in [0.2, 0.25) is 0 Å². The van der Waals surface area contributed by atoms with Crippen LogP contribution in [0.15, 0.2) is 0 Å². The van der Waals surface area contributed by atoms with Gasteiger partial charge in [-0.2, -0.15) is 0 Å². The van der Waals surface area contributed by atoms with Crippen molar-refractivity contribution in [2.75, 3.05) is 0 Å². The summed E-state index contributed by atoms with van der Waals surface area (Å²) in [5, 5.41) is 8.59. The van der Waals surface area contributed by atoms with Crippen molar-refractivity contribution in [3.8, 4) is 0 Å². The molecule has 14 heavy (non-hydrogen) atoms. The van der Waals surface area contributed by atoms with Gasteiger partial charge >= 0.3 is 11.9 Å². The first-order valence-electron chi connectivity index (χ1n) is 4.87. The van der Waals surface area contributed by atoms with Crippen molar-refractivity contribution >= 4 is 11.9 Å². The summed E-state index contributed by atoms with van der Waals surface area (Å²) in [5.74, 6) is -0.944. The lowest BCUT2D eigenvalue weighted by molar-refractivity contribution is -0.153. The fourth-order valence-corrected chi connectivity index (χ4v) is 1.16. The predicted octanol–water partition coefficient (Wildman–Crippen LogP) is 1.83. The predicted molar refractivity (Wildman–Crippen MR) is 51.9 cm³/mol. The van der Waals surface area contributed by atoms with Gasteiger partial charge in [-0.15, -0.1) is 0 Å². The second kappa shape index (κ2) is 6.40. The van der Waals surface area contributed by atoms with E-state index in [0.29, 0.717) is 12.3 Å². The number of rotatable bonds is 6. The minimum atomic E-state index is -0.931. The Hall–Kier alpha value is -1.06. The van der Waals surface area contributed by atoms with Crippen molar-refractivity contribution in [3.63, 3.8) is 0 Å². The topological polar surface area (TPSA) is 63.6 Å². The number of hydrogen-bond acceptors (Lipinski definition) is 3. The van der Waals surface area contributed by atoms with E-state index in [1.807, 2.05) is 13.8 Å². The highest BCUT2D eigenvalue weighted by atomic mass is 16.5. The second-order valence-corrected chi connectivity index (χ2v) is 3.69. The van der Waals surface area contributed by atoms with Crippen LogP contribution in [0.3, 0.4) is 0 Å². The Balaban J connectivity index is 4.09. The average molecular weight is 202 g/mol. The Kier molecular flexibility index (Phi) is 5.92. The molecule has 0 aliphatic heterocycles. The minimum Gasteiger partial charge on any atom is -0.481 e. The summed E-state index contributed by atoms with van der Waals surface area (Å²) in [5.41, 5.74) is 0. The Bertz CT molecular complexity index is 198. The summed E-state index contributed by atoms with van der Waals surface area (Å²) < 4.78 is 5.00. The molecule has 0 spiro atoms. The number of hydrogen-bond donors (Lipinski definition) is 1. The molecule has 0 unspecified atom stereocenters. The van der Waals surface area contributed by atoms with Crippen LogP contribution in [0.25, 0.3) is 0 Å². The fraction of sp³-hybridized carbons (Fsp3) is 0.800. The van der Waals surface area contributed by atoms with Gasteiger partial charge in [-0.25, -0.2) is 0 Å². The second-order valence-electron chi connectivity index (χ2n) is 3.69. The zero-order chi connectivity index (χ0) is 11.1. The molecule has 0 saturated carbocycles. The molecule has 0 bridgehead atoms. The van der Waals surface area contributed by atoms with Crippen molar-refractivity contribution in [2.24, 2.45) is 5.92 Å². The molecule has 0 aromatic rings. The molecule has 0 aliphatic carbocycles. The van der Waals surface area contributed by atoms with Crippen molar-refractivity contribution < 1.29 is 19.4 Å². The molecule has 1 N–H and O–H groups in total. The van der Waals surface area contributed by atoms with E-state index in [-0.39, 0.29) is 18.8 Å². The molecule has 4 nitrogen and oxygen atoms in total. The van der Waals surface area contributed by atoms with Gasteiger partial charge in [0.05, 0.1) is 6.42 Å². The highest BCUT2D eigenvalue weighted by Gasteiger charge is 2.18. The normalized spacial score (nSPS) is 12.6. The maximum atomic E-state index is 11.0. The zero-order valence-corrected chi connectivity index (χ0v) is 8.95. The number of carboxylic acid groups (broad SMARTS) is 1. The number of carboxylic acids is 1. The van der Waals surface area contributed by atoms with Gasteiger partial charge < -0.3 is 9.84 Å². The molecular formula is C10H18O4. The Morgan fingerprint density at radius 1 is 1.36 bits per heavy atom. The summed E-state index contributed by atoms with van der Waals surface area (Å²) in [6.45, 7) is 5.62. The number of aliphatic carboxylic acids is 1. The molecule has 0 radical (unpaired) electrons. The van der Waals surface area contributed by atoms with Gasteiger partial charge in [0.2, 0.25) is 0 Å². The standard InChI is InChI=1S/C10H18O4/c1-4-10(13)14-8(5-7(2)3)6-9(11)12/h7-8H,4-6H2,1-3H3,(H,11,12)/t8-/m1/s1. The molecule has 0 amide bonds. The van der Waals surface area contributed by atoms with E-state index in [4.69, 9.17) is 9.84 Å². The van der Waals surface area contributed by atoms with Crippen molar-refractivity contribution in [1.29, 1.82) is 0 Å². The van der Waals surface area contributed by atoms with Crippen LogP contribution in [0.4, 0.5) is 0 Å². The number of ether oxygens (including phenoxy) is 1. The summed E-state index contributed by atoms with van der Waals surface area (Å²) >= 11 is 0. The Morgan fingerprint density at radius 3 is 2.29 bits per heavy atom. The number of carbonyl (C=O) groups is 2. The molecule has 0 saturated heterocycles. The van der Waals surface area contributed by atoms with Crippen molar-refractivity contribution in [1.82, 2.24) is 0 Å². The fourth-order valence-electron chi connectivity index (χ4n) is 1.16. The van der Waals surface area contributed by atoms with E-state index in [1.54, 1.807) is 6.92 Å². The van der Waals surface area contributed by atoms with Crippen LogP contribution in [0, 0.1) is 5.92 Å². The van der Waals surface area contributed by atoms with E-state index < -0.39 is 12.1 Å². The summed E-state index contributed by atoms with van der Waals surface area (Å²) in [7, 11) is 0. The van der Waals surface area contributed by atoms with Crippen LogP contribution < -0.4 is 0 Å². The van der Waals surface area contributed by atoms with Crippen LogP contribution in [0.5, 0.6) is 0 Å². The van der Waals surface area contributed by atoms with Gasteiger partial charge in [0.15, 0.2) is 0 Å². The molecule has 0 heterocycles. The number of esters is 1. The van der Waals surface area contributed by atoms with Crippen molar-refractivity contribution in [3.05, 3.63) is 0 Å². The smallest absolute Gasteiger partial charge is 0.307 e. The van der Waals surface area contributed by atoms with E-state index in [1.165, 1.54) is 0 Å². The largest absolute Gasteiger partial charge is 0.481 e. The third-order valence-electron chi connectivity index (χ3n) is 1.72. The van der Waals surface area contributed by atoms with Crippen LogP contribution in [0.1, 0.15) is 40.0 Å². The van der Waals surface area contributed by atoms with Gasteiger partial charge in [-0.05, 0) is 12.3 Å². The van der Waals surface area contributed by atoms with E-state index in [0.717, 1.165) is 0 Å². The number of carbonyl (C=O) groups excluding carboxylic acids is 1. The van der Waals surface area contributed by atoms with Crippen LogP contribution >= 0.6 is 0 Å². The quantitative estimate of drug-likeness (QED) is 0.667. The third kappa shape index (κ3) is 6.46. The summed E-state index contributed by atoms with van der Waals surface area (Å²) in [4.78, 5) is 21.4. The maximum Gasteiger partial charge on any atom is 0.307 e. The molecule has 0 aliphatic rings. The molecule has 1 atom stereocenters. The molecular weight excluding hydrogens is 184 g/mol. The molecule has 0 aromatic heterocycles. The lowest BCUT2D eigenvalue weighted by Crippen LogP contribution is -2.22. The molecule has 4 heteroatoms. The molecule has 0 aromatic carbocycles. The molecule has 82 valence electrons. The van der Waals surface area contributed by atoms with Gasteiger partial charge in [0.1, 0.15) is 6.10 Å². The first-order valence-corrected chi connectivity index (χ1v) is 4.87. The first kappa shape index (κ1) is 12.9. The van der Waals surface area contributed by atoms with Crippen LogP contribution in [-0.4, -0.2) is 23.1 Å². The van der Waals surface area contributed by atoms with Gasteiger partial charge in [0, 0.05) is 6.42 Å². The monoisotopic (exact) mass is 202 g/mol. The Labute approximate surface area is 84.3 Å². The van der Waals surface area contributed by atoms with Crippen LogP contribution in [-0.2, 0) is 14.3 Å². The third-order valence-corrected chi connectivity index (χ3v) is 1.72. The van der Waals surface area contributed by atoms with Gasteiger partial charge in [0.25, 0.3) is 0 Å². The van der Waals surface area contributed by atoms with E-state index >= 15 is 0 Å². The average Bonchev–Trinajstić information content (AvgIpc) is 2.01. The lowest BCUT2D eigenvalue weighted by atomic mass is 10.0. The molecule has 0 fully saturated rings. The lowest BCUT2D eigenvalue weighted by Gasteiger charge is -2.17. The van der Waals surface area contributed by atoms with Gasteiger partial charge in [-0.3, -0.25) is 9.59 Å². The highest BCUT2D eigenvalue weighted by Crippen LogP contribution is 2.12. The SMILES string of the molecule is CCC(=O)O[C@@H](CC(=O)O)CC(C)C. The Morgan fingerprint density at radius 2 is 1.93 bits per heavy atom.